The molecule has 0 rings (SSSR count). The lowest BCUT2D eigenvalue weighted by Crippen LogP contribution is -2.40. The lowest BCUT2D eigenvalue weighted by molar-refractivity contribution is -0.139. The van der Waals surface area contributed by atoms with Gasteiger partial charge in [-0.15, -0.1) is 0 Å². The summed E-state index contributed by atoms with van der Waals surface area (Å²) in [5.74, 6) is -1.19. The average molecular weight is 337 g/mol. The molecule has 0 bridgehead atoms. The lowest BCUT2D eigenvalue weighted by atomic mass is 10.1. The fourth-order valence-electron chi connectivity index (χ4n) is 1.66. The Morgan fingerprint density at radius 2 is 1.77 bits per heavy atom. The van der Waals surface area contributed by atoms with Gasteiger partial charge in [0.1, 0.15) is 11.4 Å². The number of rotatable bonds is 7. The molecular formula is C14H28NO6P. The van der Waals surface area contributed by atoms with Crippen molar-refractivity contribution in [1.29, 1.82) is 0 Å². The highest BCUT2D eigenvalue weighted by Crippen LogP contribution is 2.52. The number of carbonyl (C=O) groups is 2. The standard InChI is InChI=1S/C14H28NO6P/c1-10(2)8-12(15-13(17)21-14(4,5)6)22(18,19-7)9-20-11(3)16/h10,12H,8-9H2,1-7H3,(H,15,17)/t12-,22?/m1/s1. The Hall–Kier alpha value is -1.07. The van der Waals surface area contributed by atoms with Gasteiger partial charge in [-0.1, -0.05) is 13.8 Å². The number of amides is 1. The zero-order chi connectivity index (χ0) is 17.6. The van der Waals surface area contributed by atoms with Crippen LogP contribution >= 0.6 is 7.37 Å². The van der Waals surface area contributed by atoms with Gasteiger partial charge in [0, 0.05) is 14.0 Å². The fourth-order valence-corrected chi connectivity index (χ4v) is 3.61. The molecule has 0 aromatic heterocycles. The molecule has 0 fully saturated rings. The number of hydrogen-bond donors (Lipinski definition) is 1. The Labute approximate surface area is 132 Å². The van der Waals surface area contributed by atoms with E-state index >= 15 is 0 Å². The van der Waals surface area contributed by atoms with Gasteiger partial charge in [-0.3, -0.25) is 9.36 Å². The summed E-state index contributed by atoms with van der Waals surface area (Å²) in [5, 5.41) is 2.58. The van der Waals surface area contributed by atoms with E-state index in [1.54, 1.807) is 20.8 Å². The minimum absolute atomic E-state index is 0.153. The van der Waals surface area contributed by atoms with Crippen molar-refractivity contribution in [2.24, 2.45) is 5.92 Å². The van der Waals surface area contributed by atoms with E-state index in [4.69, 9.17) is 14.0 Å². The third-order valence-corrected chi connectivity index (χ3v) is 5.01. The Bertz CT molecular complexity index is 430. The Morgan fingerprint density at radius 3 is 2.14 bits per heavy atom. The van der Waals surface area contributed by atoms with E-state index in [-0.39, 0.29) is 12.3 Å². The van der Waals surface area contributed by atoms with Crippen LogP contribution in [0.4, 0.5) is 4.79 Å². The van der Waals surface area contributed by atoms with Crippen LogP contribution in [-0.4, -0.2) is 36.9 Å². The number of hydrogen-bond acceptors (Lipinski definition) is 6. The summed E-state index contributed by atoms with van der Waals surface area (Å²) >= 11 is 0. The smallest absolute Gasteiger partial charge is 0.408 e. The summed E-state index contributed by atoms with van der Waals surface area (Å²) < 4.78 is 27.9. The van der Waals surface area contributed by atoms with Crippen LogP contribution in [-0.2, 0) is 23.4 Å². The number of nitrogens with one attached hydrogen (secondary N) is 1. The van der Waals surface area contributed by atoms with Crippen LogP contribution < -0.4 is 5.32 Å². The molecule has 1 unspecified atom stereocenters. The van der Waals surface area contributed by atoms with E-state index in [2.05, 4.69) is 5.32 Å². The first-order valence-corrected chi connectivity index (χ1v) is 9.05. The van der Waals surface area contributed by atoms with Crippen LogP contribution in [0.1, 0.15) is 48.0 Å². The normalized spacial score (nSPS) is 15.8. The van der Waals surface area contributed by atoms with Gasteiger partial charge in [0.25, 0.3) is 7.37 Å². The second-order valence-corrected chi connectivity index (χ2v) is 9.16. The maximum absolute atomic E-state index is 12.9. The molecule has 1 N–H and O–H groups in total. The Balaban J connectivity index is 5.11. The van der Waals surface area contributed by atoms with E-state index < -0.39 is 30.8 Å². The van der Waals surface area contributed by atoms with Crippen molar-refractivity contribution in [3.05, 3.63) is 0 Å². The molecule has 0 aromatic rings. The Kier molecular flexibility index (Phi) is 8.12. The average Bonchev–Trinajstić information content (AvgIpc) is 2.32. The van der Waals surface area contributed by atoms with Crippen molar-refractivity contribution in [3.8, 4) is 0 Å². The molecule has 2 atom stereocenters. The third kappa shape index (κ3) is 8.39. The predicted molar refractivity (Wildman–Crippen MR) is 83.9 cm³/mol. The zero-order valence-corrected chi connectivity index (χ0v) is 15.4. The van der Waals surface area contributed by atoms with Gasteiger partial charge >= 0.3 is 12.1 Å². The second kappa shape index (κ2) is 8.53. The second-order valence-electron chi connectivity index (χ2n) is 6.47. The number of alkyl carbamates (subject to hydrolysis) is 1. The van der Waals surface area contributed by atoms with Gasteiger partial charge in [0.15, 0.2) is 6.35 Å². The summed E-state index contributed by atoms with van der Waals surface area (Å²) in [6.07, 6.45) is -0.657. The molecule has 0 aliphatic rings. The van der Waals surface area contributed by atoms with Crippen LogP contribution in [0.5, 0.6) is 0 Å². The predicted octanol–water partition coefficient (Wildman–Crippen LogP) is 3.33. The molecule has 0 heterocycles. The van der Waals surface area contributed by atoms with Gasteiger partial charge in [0.2, 0.25) is 0 Å². The van der Waals surface area contributed by atoms with E-state index in [0.29, 0.717) is 6.42 Å². The first-order chi connectivity index (χ1) is 9.89. The highest BCUT2D eigenvalue weighted by molar-refractivity contribution is 7.59. The molecule has 0 saturated carbocycles. The molecule has 0 aliphatic carbocycles. The molecule has 0 spiro atoms. The van der Waals surface area contributed by atoms with E-state index in [1.807, 2.05) is 13.8 Å². The fraction of sp³-hybridized carbons (Fsp3) is 0.857. The van der Waals surface area contributed by atoms with E-state index in [0.717, 1.165) is 0 Å². The van der Waals surface area contributed by atoms with Crippen molar-refractivity contribution in [2.75, 3.05) is 13.5 Å². The molecule has 0 radical (unpaired) electrons. The number of ether oxygens (including phenoxy) is 2. The van der Waals surface area contributed by atoms with Crippen LogP contribution in [0.25, 0.3) is 0 Å². The topological polar surface area (TPSA) is 90.9 Å². The molecule has 0 aromatic carbocycles. The maximum atomic E-state index is 12.9. The van der Waals surface area contributed by atoms with Crippen molar-refractivity contribution in [3.63, 3.8) is 0 Å². The monoisotopic (exact) mass is 337 g/mol. The van der Waals surface area contributed by atoms with Crippen molar-refractivity contribution >= 4 is 19.4 Å². The summed E-state index contributed by atoms with van der Waals surface area (Å²) in [6.45, 7) is 10.3. The van der Waals surface area contributed by atoms with Crippen LogP contribution in [0.15, 0.2) is 0 Å². The van der Waals surface area contributed by atoms with Gasteiger partial charge in [0.05, 0.1) is 0 Å². The lowest BCUT2D eigenvalue weighted by Gasteiger charge is -2.29. The number of carbonyl (C=O) groups excluding carboxylic acids is 2. The quantitative estimate of drug-likeness (QED) is 0.566. The molecule has 0 saturated heterocycles. The number of esters is 1. The van der Waals surface area contributed by atoms with Crippen LogP contribution in [0.3, 0.4) is 0 Å². The molecule has 130 valence electrons. The van der Waals surface area contributed by atoms with Gasteiger partial charge in [-0.2, -0.15) is 0 Å². The third-order valence-electron chi connectivity index (χ3n) is 2.61. The van der Waals surface area contributed by atoms with E-state index in [9.17, 15) is 14.2 Å². The molecule has 1 amide bonds. The molecule has 0 aliphatic heterocycles. The van der Waals surface area contributed by atoms with Crippen molar-refractivity contribution in [2.45, 2.75) is 59.3 Å². The van der Waals surface area contributed by atoms with Gasteiger partial charge in [-0.05, 0) is 33.1 Å². The van der Waals surface area contributed by atoms with Crippen LogP contribution in [0, 0.1) is 5.92 Å². The minimum atomic E-state index is -3.39. The Morgan fingerprint density at radius 1 is 1.23 bits per heavy atom. The van der Waals surface area contributed by atoms with Gasteiger partial charge in [-0.25, -0.2) is 4.79 Å². The van der Waals surface area contributed by atoms with Crippen molar-refractivity contribution in [1.82, 2.24) is 5.32 Å². The largest absolute Gasteiger partial charge is 0.455 e. The zero-order valence-electron chi connectivity index (χ0n) is 14.5. The summed E-state index contributed by atoms with van der Waals surface area (Å²) in [6, 6.07) is 0. The first kappa shape index (κ1) is 20.9. The maximum Gasteiger partial charge on any atom is 0.408 e. The summed E-state index contributed by atoms with van der Waals surface area (Å²) in [7, 11) is -2.12. The molecule has 8 heteroatoms. The first-order valence-electron chi connectivity index (χ1n) is 7.17. The van der Waals surface area contributed by atoms with Crippen molar-refractivity contribution < 1.29 is 28.2 Å². The highest BCUT2D eigenvalue weighted by Gasteiger charge is 2.37. The highest BCUT2D eigenvalue weighted by atomic mass is 31.2. The van der Waals surface area contributed by atoms with E-state index in [1.165, 1.54) is 14.0 Å². The molecular weight excluding hydrogens is 309 g/mol. The SMILES string of the molecule is COP(=O)(COC(C)=O)[C@H](CC(C)C)NC(=O)OC(C)(C)C. The minimum Gasteiger partial charge on any atom is -0.455 e. The van der Waals surface area contributed by atoms with Crippen LogP contribution in [0.2, 0.25) is 0 Å². The molecule has 7 nitrogen and oxygen atoms in total. The summed E-state index contributed by atoms with van der Waals surface area (Å²) in [4.78, 5) is 22.9. The van der Waals surface area contributed by atoms with Gasteiger partial charge < -0.3 is 19.3 Å². The summed E-state index contributed by atoms with van der Waals surface area (Å²) in [5.41, 5.74) is -0.667. The molecule has 22 heavy (non-hydrogen) atoms.